The maximum Gasteiger partial charge on any atom is 0.201 e. The lowest BCUT2D eigenvalue weighted by Gasteiger charge is -2.29. The molecule has 4 heteroatoms. The van der Waals surface area contributed by atoms with Crippen molar-refractivity contribution in [2.75, 3.05) is 5.73 Å². The van der Waals surface area contributed by atoms with Gasteiger partial charge < -0.3 is 10.3 Å². The third kappa shape index (κ3) is 1.74. The van der Waals surface area contributed by atoms with Crippen molar-refractivity contribution in [1.29, 1.82) is 0 Å². The highest BCUT2D eigenvalue weighted by Gasteiger charge is 2.37. The summed E-state index contributed by atoms with van der Waals surface area (Å²) >= 11 is 3.48. The van der Waals surface area contributed by atoms with Crippen LogP contribution in [0.2, 0.25) is 0 Å². The fraction of sp³-hybridized carbons (Fsp3) is 0.500. The first-order chi connectivity index (χ1) is 8.49. The first kappa shape index (κ1) is 12.0. The van der Waals surface area contributed by atoms with Crippen molar-refractivity contribution in [1.82, 2.24) is 9.55 Å². The summed E-state index contributed by atoms with van der Waals surface area (Å²) < 4.78 is 3.28. The molecule has 2 aromatic rings. The molecular weight excluding hydrogens is 290 g/mol. The molecule has 1 aliphatic carbocycles. The first-order valence-corrected chi connectivity index (χ1v) is 7.21. The van der Waals surface area contributed by atoms with Gasteiger partial charge in [-0.3, -0.25) is 0 Å². The van der Waals surface area contributed by atoms with Crippen molar-refractivity contribution in [2.24, 2.45) is 5.41 Å². The molecule has 0 aliphatic heterocycles. The molecule has 0 spiro atoms. The van der Waals surface area contributed by atoms with Gasteiger partial charge in [0.25, 0.3) is 0 Å². The maximum atomic E-state index is 6.14. The van der Waals surface area contributed by atoms with Gasteiger partial charge in [0.05, 0.1) is 11.0 Å². The number of nitrogens with zero attached hydrogens (tertiary/aromatic N) is 2. The second-order valence-corrected chi connectivity index (χ2v) is 6.79. The van der Waals surface area contributed by atoms with Crippen LogP contribution < -0.4 is 5.73 Å². The Morgan fingerprint density at radius 2 is 2.22 bits per heavy atom. The minimum absolute atomic E-state index is 0.300. The number of nitrogens with two attached hydrogens (primary N) is 1. The quantitative estimate of drug-likeness (QED) is 0.860. The fourth-order valence-electron chi connectivity index (χ4n) is 3.21. The highest BCUT2D eigenvalue weighted by molar-refractivity contribution is 9.10. The lowest BCUT2D eigenvalue weighted by molar-refractivity contribution is 0.268. The van der Waals surface area contributed by atoms with Gasteiger partial charge in [-0.25, -0.2) is 4.98 Å². The van der Waals surface area contributed by atoms with Crippen molar-refractivity contribution in [3.63, 3.8) is 0 Å². The third-order valence-corrected chi connectivity index (χ3v) is 4.68. The molecule has 18 heavy (non-hydrogen) atoms. The zero-order valence-electron chi connectivity index (χ0n) is 10.8. The summed E-state index contributed by atoms with van der Waals surface area (Å²) in [6.07, 6.45) is 3.72. The number of halogens is 1. The highest BCUT2D eigenvalue weighted by Crippen LogP contribution is 2.47. The van der Waals surface area contributed by atoms with Crippen LogP contribution >= 0.6 is 15.9 Å². The fourth-order valence-corrected chi connectivity index (χ4v) is 3.55. The van der Waals surface area contributed by atoms with Gasteiger partial charge >= 0.3 is 0 Å². The minimum atomic E-state index is 0.300. The smallest absolute Gasteiger partial charge is 0.201 e. The summed E-state index contributed by atoms with van der Waals surface area (Å²) in [6, 6.07) is 6.66. The van der Waals surface area contributed by atoms with E-state index < -0.39 is 0 Å². The van der Waals surface area contributed by atoms with Crippen molar-refractivity contribution >= 4 is 32.9 Å². The van der Waals surface area contributed by atoms with Crippen molar-refractivity contribution in [3.8, 4) is 0 Å². The number of imidazole rings is 1. The van der Waals surface area contributed by atoms with Crippen LogP contribution in [0.1, 0.15) is 39.2 Å². The lowest BCUT2D eigenvalue weighted by atomic mass is 9.87. The lowest BCUT2D eigenvalue weighted by Crippen LogP contribution is -2.22. The summed E-state index contributed by atoms with van der Waals surface area (Å²) in [5, 5.41) is 0. The molecule has 0 bridgehead atoms. The van der Waals surface area contributed by atoms with Gasteiger partial charge in [0.2, 0.25) is 5.95 Å². The number of anilines is 1. The summed E-state index contributed by atoms with van der Waals surface area (Å²) in [4.78, 5) is 4.49. The van der Waals surface area contributed by atoms with E-state index in [4.69, 9.17) is 5.73 Å². The zero-order valence-corrected chi connectivity index (χ0v) is 12.4. The summed E-state index contributed by atoms with van der Waals surface area (Å²) in [5.74, 6) is 0.642. The van der Waals surface area contributed by atoms with Gasteiger partial charge in [-0.15, -0.1) is 0 Å². The van der Waals surface area contributed by atoms with E-state index in [2.05, 4.69) is 51.5 Å². The largest absolute Gasteiger partial charge is 0.369 e. The number of rotatable bonds is 1. The Hall–Kier alpha value is -1.03. The number of aromatic nitrogens is 2. The number of hydrogen-bond acceptors (Lipinski definition) is 2. The van der Waals surface area contributed by atoms with Gasteiger partial charge in [-0.2, -0.15) is 0 Å². The molecule has 1 fully saturated rings. The Balaban J connectivity index is 2.20. The van der Waals surface area contributed by atoms with E-state index in [9.17, 15) is 0 Å². The van der Waals surface area contributed by atoms with Gasteiger partial charge in [-0.1, -0.05) is 36.2 Å². The molecule has 3 rings (SSSR count). The van der Waals surface area contributed by atoms with Crippen molar-refractivity contribution < 1.29 is 0 Å². The summed E-state index contributed by atoms with van der Waals surface area (Å²) in [6.45, 7) is 4.66. The van der Waals surface area contributed by atoms with E-state index in [0.29, 0.717) is 17.4 Å². The molecule has 1 saturated carbocycles. The van der Waals surface area contributed by atoms with E-state index in [1.54, 1.807) is 0 Å². The predicted octanol–water partition coefficient (Wildman–Crippen LogP) is 4.13. The van der Waals surface area contributed by atoms with Gasteiger partial charge in [0.1, 0.15) is 0 Å². The van der Waals surface area contributed by atoms with Crippen LogP contribution in [-0.2, 0) is 0 Å². The molecule has 1 atom stereocenters. The molecular formula is C14H18BrN3. The summed E-state index contributed by atoms with van der Waals surface area (Å²) in [5.41, 5.74) is 8.57. The van der Waals surface area contributed by atoms with E-state index in [1.165, 1.54) is 19.3 Å². The normalized spacial score (nSPS) is 22.7. The van der Waals surface area contributed by atoms with E-state index in [1.807, 2.05) is 6.07 Å². The van der Waals surface area contributed by atoms with E-state index in [0.717, 1.165) is 15.5 Å². The maximum absolute atomic E-state index is 6.14. The molecule has 0 saturated heterocycles. The van der Waals surface area contributed by atoms with Gasteiger partial charge in [0, 0.05) is 10.5 Å². The molecule has 1 unspecified atom stereocenters. The Morgan fingerprint density at radius 3 is 2.89 bits per heavy atom. The molecule has 1 aromatic heterocycles. The van der Waals surface area contributed by atoms with E-state index >= 15 is 0 Å². The van der Waals surface area contributed by atoms with Crippen LogP contribution in [0.3, 0.4) is 0 Å². The van der Waals surface area contributed by atoms with Gasteiger partial charge in [-0.05, 0) is 36.5 Å². The molecule has 0 radical (unpaired) electrons. The molecule has 1 heterocycles. The topological polar surface area (TPSA) is 43.8 Å². The Kier molecular flexibility index (Phi) is 2.66. The number of hydrogen-bond donors (Lipinski definition) is 1. The molecule has 1 aliphatic rings. The minimum Gasteiger partial charge on any atom is -0.369 e. The third-order valence-electron chi connectivity index (χ3n) is 4.19. The van der Waals surface area contributed by atoms with Crippen molar-refractivity contribution in [3.05, 3.63) is 22.7 Å². The second kappa shape index (κ2) is 3.98. The molecule has 0 amide bonds. The van der Waals surface area contributed by atoms with Crippen molar-refractivity contribution in [2.45, 2.75) is 39.2 Å². The summed E-state index contributed by atoms with van der Waals surface area (Å²) in [7, 11) is 0. The van der Waals surface area contributed by atoms with Crippen LogP contribution in [0.15, 0.2) is 22.7 Å². The second-order valence-electron chi connectivity index (χ2n) is 5.87. The number of benzene rings is 1. The molecule has 96 valence electrons. The highest BCUT2D eigenvalue weighted by atomic mass is 79.9. The Morgan fingerprint density at radius 1 is 1.44 bits per heavy atom. The zero-order chi connectivity index (χ0) is 12.9. The van der Waals surface area contributed by atoms with Crippen LogP contribution in [-0.4, -0.2) is 9.55 Å². The Labute approximate surface area is 116 Å². The number of fused-ring (bicyclic) bond motifs is 1. The van der Waals surface area contributed by atoms with Crippen LogP contribution in [0.5, 0.6) is 0 Å². The SMILES string of the molecule is CC1(C)CCCC1n1c(N)nc2cc(Br)ccc21. The molecule has 3 nitrogen and oxygen atoms in total. The standard InChI is InChI=1S/C14H18BrN3/c1-14(2)7-3-4-12(14)18-11-6-5-9(15)8-10(11)17-13(18)16/h5-6,8,12H,3-4,7H2,1-2H3,(H2,16,17). The van der Waals surface area contributed by atoms with Crippen LogP contribution in [0.4, 0.5) is 5.95 Å². The van der Waals surface area contributed by atoms with Crippen LogP contribution in [0, 0.1) is 5.41 Å². The molecule has 2 N–H and O–H groups in total. The predicted molar refractivity (Wildman–Crippen MR) is 78.5 cm³/mol. The monoisotopic (exact) mass is 307 g/mol. The average molecular weight is 308 g/mol. The number of nitrogen functional groups attached to an aromatic ring is 1. The average Bonchev–Trinajstić information content (AvgIpc) is 2.76. The first-order valence-electron chi connectivity index (χ1n) is 6.42. The Bertz CT molecular complexity index is 600. The molecule has 1 aromatic carbocycles. The van der Waals surface area contributed by atoms with E-state index in [-0.39, 0.29) is 0 Å². The van der Waals surface area contributed by atoms with Gasteiger partial charge in [0.15, 0.2) is 0 Å². The van der Waals surface area contributed by atoms with Crippen LogP contribution in [0.25, 0.3) is 11.0 Å².